The Morgan fingerprint density at radius 2 is 2.26 bits per heavy atom. The second kappa shape index (κ2) is 6.61. The minimum absolute atomic E-state index is 0.267. The molecule has 0 fully saturated rings. The molecule has 0 bridgehead atoms. The fraction of sp³-hybridized carbons (Fsp3) is 0.429. The van der Waals surface area contributed by atoms with Gasteiger partial charge in [-0.1, -0.05) is 18.7 Å². The standard InChI is InChI=1S/C14H18N2O2S/c1-3-5-10(17)9-19-14-15-12-7-6-11(18-4-2)8-13(12)16-14/h6-8H,3-5,9H2,1-2H3,(H,15,16). The van der Waals surface area contributed by atoms with Gasteiger partial charge in [0.05, 0.1) is 23.4 Å². The predicted molar refractivity (Wildman–Crippen MR) is 77.9 cm³/mol. The van der Waals surface area contributed by atoms with Crippen LogP contribution in [0, 0.1) is 0 Å². The van der Waals surface area contributed by atoms with Crippen LogP contribution in [0.4, 0.5) is 0 Å². The number of aromatic nitrogens is 2. The van der Waals surface area contributed by atoms with Crippen molar-refractivity contribution < 1.29 is 9.53 Å². The molecular formula is C14H18N2O2S. The lowest BCUT2D eigenvalue weighted by Crippen LogP contribution is -2.00. The van der Waals surface area contributed by atoms with Gasteiger partial charge in [0.1, 0.15) is 11.5 Å². The van der Waals surface area contributed by atoms with E-state index in [1.165, 1.54) is 11.8 Å². The number of rotatable bonds is 7. The first kappa shape index (κ1) is 13.9. The molecule has 0 saturated heterocycles. The van der Waals surface area contributed by atoms with Crippen LogP contribution < -0.4 is 4.74 Å². The van der Waals surface area contributed by atoms with Gasteiger partial charge in [-0.3, -0.25) is 4.79 Å². The summed E-state index contributed by atoms with van der Waals surface area (Å²) in [6.45, 7) is 4.61. The van der Waals surface area contributed by atoms with Gasteiger partial charge >= 0.3 is 0 Å². The van der Waals surface area contributed by atoms with Crippen molar-refractivity contribution in [3.63, 3.8) is 0 Å². The van der Waals surface area contributed by atoms with Crippen molar-refractivity contribution in [3.05, 3.63) is 18.2 Å². The molecule has 0 unspecified atom stereocenters. The maximum atomic E-state index is 11.5. The van der Waals surface area contributed by atoms with Gasteiger partial charge in [0.2, 0.25) is 0 Å². The minimum Gasteiger partial charge on any atom is -0.494 e. The lowest BCUT2D eigenvalue weighted by atomic mass is 10.3. The number of thioether (sulfide) groups is 1. The van der Waals surface area contributed by atoms with Crippen LogP contribution in [0.25, 0.3) is 11.0 Å². The van der Waals surface area contributed by atoms with Crippen molar-refractivity contribution in [3.8, 4) is 5.75 Å². The molecule has 1 heterocycles. The highest BCUT2D eigenvalue weighted by atomic mass is 32.2. The zero-order valence-corrected chi connectivity index (χ0v) is 12.0. The van der Waals surface area contributed by atoms with Crippen LogP contribution in [-0.4, -0.2) is 28.1 Å². The molecule has 4 nitrogen and oxygen atoms in total. The van der Waals surface area contributed by atoms with E-state index in [2.05, 4.69) is 9.97 Å². The number of nitrogens with one attached hydrogen (secondary N) is 1. The summed E-state index contributed by atoms with van der Waals surface area (Å²) in [7, 11) is 0. The van der Waals surface area contributed by atoms with E-state index in [0.717, 1.165) is 28.4 Å². The van der Waals surface area contributed by atoms with E-state index in [-0.39, 0.29) is 5.78 Å². The number of hydrogen-bond donors (Lipinski definition) is 1. The SMILES string of the molecule is CCCC(=O)CSc1nc2ccc(OCC)cc2[nH]1. The van der Waals surface area contributed by atoms with E-state index < -0.39 is 0 Å². The summed E-state index contributed by atoms with van der Waals surface area (Å²) in [5, 5.41) is 0.785. The third-order valence-corrected chi connectivity index (χ3v) is 3.57. The van der Waals surface area contributed by atoms with Gasteiger partial charge in [0.15, 0.2) is 5.16 Å². The average molecular weight is 278 g/mol. The van der Waals surface area contributed by atoms with Gasteiger partial charge < -0.3 is 9.72 Å². The first-order valence-corrected chi connectivity index (χ1v) is 7.48. The number of aromatic amines is 1. The van der Waals surface area contributed by atoms with Crippen molar-refractivity contribution in [1.82, 2.24) is 9.97 Å². The van der Waals surface area contributed by atoms with E-state index in [4.69, 9.17) is 4.74 Å². The first-order valence-electron chi connectivity index (χ1n) is 6.50. The van der Waals surface area contributed by atoms with Crippen LogP contribution in [-0.2, 0) is 4.79 Å². The van der Waals surface area contributed by atoms with Crippen molar-refractivity contribution in [2.75, 3.05) is 12.4 Å². The Hall–Kier alpha value is -1.49. The largest absolute Gasteiger partial charge is 0.494 e. The zero-order valence-electron chi connectivity index (χ0n) is 11.2. The summed E-state index contributed by atoms with van der Waals surface area (Å²) < 4.78 is 5.44. The zero-order chi connectivity index (χ0) is 13.7. The smallest absolute Gasteiger partial charge is 0.166 e. The third-order valence-electron chi connectivity index (χ3n) is 2.64. The molecule has 2 rings (SSSR count). The number of fused-ring (bicyclic) bond motifs is 1. The molecule has 0 amide bonds. The summed E-state index contributed by atoms with van der Waals surface area (Å²) >= 11 is 1.46. The van der Waals surface area contributed by atoms with Crippen molar-refractivity contribution in [2.24, 2.45) is 0 Å². The van der Waals surface area contributed by atoms with Crippen LogP contribution in [0.15, 0.2) is 23.4 Å². The van der Waals surface area contributed by atoms with Crippen LogP contribution in [0.5, 0.6) is 5.75 Å². The number of Topliss-reactive ketones (excluding diaryl/α,β-unsaturated/α-hetero) is 1. The predicted octanol–water partition coefficient (Wildman–Crippen LogP) is 3.42. The number of ether oxygens (including phenoxy) is 1. The molecular weight excluding hydrogens is 260 g/mol. The van der Waals surface area contributed by atoms with Crippen molar-refractivity contribution in [2.45, 2.75) is 31.8 Å². The number of benzene rings is 1. The maximum Gasteiger partial charge on any atom is 0.166 e. The summed E-state index contributed by atoms with van der Waals surface area (Å²) in [6.07, 6.45) is 1.54. The Morgan fingerprint density at radius 1 is 1.42 bits per heavy atom. The molecule has 0 spiro atoms. The molecule has 1 aromatic heterocycles. The van der Waals surface area contributed by atoms with Gasteiger partial charge in [0, 0.05) is 12.5 Å². The lowest BCUT2D eigenvalue weighted by molar-refractivity contribution is -0.116. The fourth-order valence-electron chi connectivity index (χ4n) is 1.79. The van der Waals surface area contributed by atoms with E-state index in [9.17, 15) is 4.79 Å². The molecule has 0 aliphatic heterocycles. The topological polar surface area (TPSA) is 55.0 Å². The number of carbonyl (C=O) groups excluding carboxylic acids is 1. The summed E-state index contributed by atoms with van der Waals surface area (Å²) in [5.74, 6) is 1.58. The van der Waals surface area contributed by atoms with Crippen molar-refractivity contribution in [1.29, 1.82) is 0 Å². The molecule has 1 aromatic carbocycles. The van der Waals surface area contributed by atoms with Gasteiger partial charge in [-0.15, -0.1) is 0 Å². The van der Waals surface area contributed by atoms with Crippen LogP contribution in [0.1, 0.15) is 26.7 Å². The first-order chi connectivity index (χ1) is 9.22. The quantitative estimate of drug-likeness (QED) is 0.788. The molecule has 2 aromatic rings. The summed E-state index contributed by atoms with van der Waals surface area (Å²) in [6, 6.07) is 5.77. The monoisotopic (exact) mass is 278 g/mol. The molecule has 0 aliphatic rings. The molecule has 5 heteroatoms. The van der Waals surface area contributed by atoms with E-state index in [1.54, 1.807) is 0 Å². The molecule has 0 aliphatic carbocycles. The Kier molecular flexibility index (Phi) is 4.85. The molecule has 0 saturated carbocycles. The van der Waals surface area contributed by atoms with Gasteiger partial charge in [-0.25, -0.2) is 4.98 Å². The third kappa shape index (κ3) is 3.73. The highest BCUT2D eigenvalue weighted by Gasteiger charge is 2.07. The normalized spacial score (nSPS) is 10.8. The van der Waals surface area contributed by atoms with Crippen LogP contribution >= 0.6 is 11.8 Å². The summed E-state index contributed by atoms with van der Waals surface area (Å²) in [5.41, 5.74) is 1.84. The van der Waals surface area contributed by atoms with E-state index in [0.29, 0.717) is 18.8 Å². The number of nitrogens with zero attached hydrogens (tertiary/aromatic N) is 1. The molecule has 19 heavy (non-hydrogen) atoms. The Labute approximate surface area is 116 Å². The second-order valence-corrected chi connectivity index (χ2v) is 5.20. The van der Waals surface area contributed by atoms with Crippen LogP contribution in [0.2, 0.25) is 0 Å². The highest BCUT2D eigenvalue weighted by Crippen LogP contribution is 2.23. The van der Waals surface area contributed by atoms with Gasteiger partial charge in [0.25, 0.3) is 0 Å². The van der Waals surface area contributed by atoms with E-state index in [1.807, 2.05) is 32.0 Å². The number of imidazole rings is 1. The number of H-pyrrole nitrogens is 1. The minimum atomic E-state index is 0.267. The highest BCUT2D eigenvalue weighted by molar-refractivity contribution is 7.99. The molecule has 0 radical (unpaired) electrons. The maximum absolute atomic E-state index is 11.5. The number of carbonyl (C=O) groups is 1. The number of ketones is 1. The average Bonchev–Trinajstić information content (AvgIpc) is 2.79. The van der Waals surface area contributed by atoms with Gasteiger partial charge in [-0.2, -0.15) is 0 Å². The molecule has 0 atom stereocenters. The summed E-state index contributed by atoms with van der Waals surface area (Å²) in [4.78, 5) is 19.1. The van der Waals surface area contributed by atoms with E-state index >= 15 is 0 Å². The lowest BCUT2D eigenvalue weighted by Gasteiger charge is -2.00. The Morgan fingerprint density at radius 3 is 3.00 bits per heavy atom. The molecule has 102 valence electrons. The Bertz CT molecular complexity index is 566. The van der Waals surface area contributed by atoms with Crippen LogP contribution in [0.3, 0.4) is 0 Å². The second-order valence-electron chi connectivity index (χ2n) is 4.23. The fourth-order valence-corrected chi connectivity index (χ4v) is 2.58. The Balaban J connectivity index is 2.06. The molecule has 1 N–H and O–H groups in total. The van der Waals surface area contributed by atoms with Gasteiger partial charge in [-0.05, 0) is 25.5 Å². The number of hydrogen-bond acceptors (Lipinski definition) is 4. The van der Waals surface area contributed by atoms with Crippen molar-refractivity contribution >= 4 is 28.6 Å².